The van der Waals surface area contributed by atoms with Gasteiger partial charge < -0.3 is 39.3 Å². The first-order chi connectivity index (χ1) is 22.5. The first-order valence-electron chi connectivity index (χ1n) is 15.6. The van der Waals surface area contributed by atoms with Crippen LogP contribution < -0.4 is 19.5 Å². The average molecular weight is 623 g/mol. The fourth-order valence-corrected chi connectivity index (χ4v) is 7.03. The lowest BCUT2D eigenvalue weighted by molar-refractivity contribution is -0.0428. The summed E-state index contributed by atoms with van der Waals surface area (Å²) in [6.07, 6.45) is 3.21. The van der Waals surface area contributed by atoms with E-state index in [0.717, 1.165) is 50.7 Å². The molecule has 0 bridgehead atoms. The van der Waals surface area contributed by atoms with Crippen LogP contribution in [-0.2, 0) is 24.0 Å². The third kappa shape index (κ3) is 5.51. The second-order valence-corrected chi connectivity index (χ2v) is 11.9. The molecule has 9 heteroatoms. The number of ether oxygens (including phenoxy) is 4. The largest absolute Gasteiger partial charge is 0.508 e. The van der Waals surface area contributed by atoms with Crippen molar-refractivity contribution in [1.82, 2.24) is 10.3 Å². The van der Waals surface area contributed by atoms with Gasteiger partial charge in [0, 0.05) is 35.3 Å². The van der Waals surface area contributed by atoms with Crippen LogP contribution in [0.3, 0.4) is 0 Å². The number of rotatable bonds is 10. The summed E-state index contributed by atoms with van der Waals surface area (Å²) in [5.41, 5.74) is 8.32. The van der Waals surface area contributed by atoms with E-state index in [2.05, 4.69) is 34.6 Å². The minimum atomic E-state index is -0.476. The molecule has 2 heterocycles. The summed E-state index contributed by atoms with van der Waals surface area (Å²) < 4.78 is 24.7. The van der Waals surface area contributed by atoms with E-state index in [1.807, 2.05) is 37.5 Å². The van der Waals surface area contributed by atoms with E-state index in [1.165, 1.54) is 12.7 Å². The minimum absolute atomic E-state index is 0.0512. The highest BCUT2D eigenvalue weighted by Crippen LogP contribution is 2.52. The molecule has 0 radical (unpaired) electrons. The highest BCUT2D eigenvalue weighted by molar-refractivity contribution is 5.83. The monoisotopic (exact) mass is 622 g/mol. The number of nitrogens with one attached hydrogen (secondary N) is 2. The molecular weight excluding hydrogens is 584 g/mol. The SMILES string of the molecule is CNCO[C@@H]1Cc2c(cc(OCCO)c3c2C[C@@H](Cc2ccc4[nH]ccc4c2)c2cc(O)ccc2-3)O[C@@H]1c1ccc(O)c(OC)c1. The lowest BCUT2D eigenvalue weighted by Gasteiger charge is -2.38. The van der Waals surface area contributed by atoms with Crippen LogP contribution in [0.2, 0.25) is 0 Å². The minimum Gasteiger partial charge on any atom is -0.508 e. The van der Waals surface area contributed by atoms with E-state index in [9.17, 15) is 15.3 Å². The van der Waals surface area contributed by atoms with Crippen LogP contribution in [-0.4, -0.2) is 60.5 Å². The Bertz CT molecular complexity index is 1880. The maximum Gasteiger partial charge on any atom is 0.160 e. The van der Waals surface area contributed by atoms with Gasteiger partial charge in [-0.05, 0) is 101 Å². The first-order valence-corrected chi connectivity index (χ1v) is 15.6. The van der Waals surface area contributed by atoms with Gasteiger partial charge in [0.15, 0.2) is 17.6 Å². The lowest BCUT2D eigenvalue weighted by atomic mass is 9.73. The normalized spacial score (nSPS) is 18.4. The molecule has 3 atom stereocenters. The van der Waals surface area contributed by atoms with Gasteiger partial charge in [0.05, 0.1) is 20.4 Å². The van der Waals surface area contributed by atoms with Gasteiger partial charge in [0.2, 0.25) is 0 Å². The van der Waals surface area contributed by atoms with E-state index < -0.39 is 6.10 Å². The van der Waals surface area contributed by atoms with Crippen LogP contribution in [0.4, 0.5) is 0 Å². The van der Waals surface area contributed by atoms with Gasteiger partial charge in [-0.15, -0.1) is 0 Å². The number of aliphatic hydroxyl groups excluding tert-OH is 1. The Morgan fingerprint density at radius 3 is 2.67 bits per heavy atom. The molecule has 2 aliphatic rings. The predicted molar refractivity (Wildman–Crippen MR) is 175 cm³/mol. The number of hydrogen-bond acceptors (Lipinski definition) is 8. The van der Waals surface area contributed by atoms with E-state index in [-0.39, 0.29) is 36.7 Å². The second-order valence-electron chi connectivity index (χ2n) is 11.9. The lowest BCUT2D eigenvalue weighted by Crippen LogP contribution is -2.36. The quantitative estimate of drug-likeness (QED) is 0.125. The first kappa shape index (κ1) is 30.0. The summed E-state index contributed by atoms with van der Waals surface area (Å²) in [6.45, 7) is 0.335. The van der Waals surface area contributed by atoms with Crippen molar-refractivity contribution in [3.63, 3.8) is 0 Å². The zero-order valence-electron chi connectivity index (χ0n) is 25.9. The summed E-state index contributed by atoms with van der Waals surface area (Å²) in [7, 11) is 3.36. The molecule has 1 aromatic heterocycles. The number of aliphatic hydroxyl groups is 1. The molecule has 1 aliphatic carbocycles. The topological polar surface area (TPSA) is 125 Å². The van der Waals surface area contributed by atoms with Crippen molar-refractivity contribution in [3.8, 4) is 39.9 Å². The molecular formula is C37H38N2O7. The Kier molecular flexibility index (Phi) is 8.21. The van der Waals surface area contributed by atoms with E-state index in [1.54, 1.807) is 18.2 Å². The number of H-pyrrole nitrogens is 1. The molecule has 4 aromatic carbocycles. The Labute approximate surface area is 267 Å². The van der Waals surface area contributed by atoms with Crippen LogP contribution in [0.25, 0.3) is 22.0 Å². The van der Waals surface area contributed by atoms with Crippen molar-refractivity contribution in [2.24, 2.45) is 0 Å². The molecule has 1 aliphatic heterocycles. The van der Waals surface area contributed by atoms with Crippen LogP contribution in [0, 0.1) is 0 Å². The van der Waals surface area contributed by atoms with Crippen LogP contribution >= 0.6 is 0 Å². The molecule has 0 unspecified atom stereocenters. The van der Waals surface area contributed by atoms with E-state index in [4.69, 9.17) is 18.9 Å². The van der Waals surface area contributed by atoms with Crippen molar-refractivity contribution in [2.75, 3.05) is 34.1 Å². The maximum atomic E-state index is 10.6. The van der Waals surface area contributed by atoms with Gasteiger partial charge in [0.25, 0.3) is 0 Å². The zero-order valence-corrected chi connectivity index (χ0v) is 25.9. The fraction of sp³-hybridized carbons (Fsp3) is 0.297. The van der Waals surface area contributed by atoms with Crippen LogP contribution in [0.15, 0.2) is 72.9 Å². The van der Waals surface area contributed by atoms with Gasteiger partial charge in [-0.3, -0.25) is 5.32 Å². The highest BCUT2D eigenvalue weighted by Gasteiger charge is 2.38. The molecule has 238 valence electrons. The smallest absolute Gasteiger partial charge is 0.160 e. The number of phenols is 2. The summed E-state index contributed by atoms with van der Waals surface area (Å²) in [6, 6.07) is 21.3. The molecule has 7 rings (SSSR count). The molecule has 9 nitrogen and oxygen atoms in total. The molecule has 46 heavy (non-hydrogen) atoms. The number of methoxy groups -OCH3 is 1. The molecule has 0 fully saturated rings. The zero-order chi connectivity index (χ0) is 31.8. The molecule has 5 N–H and O–H groups in total. The number of fused-ring (bicyclic) bond motifs is 6. The third-order valence-corrected chi connectivity index (χ3v) is 9.09. The van der Waals surface area contributed by atoms with E-state index in [0.29, 0.717) is 36.8 Å². The van der Waals surface area contributed by atoms with Crippen molar-refractivity contribution in [3.05, 3.63) is 101 Å². The van der Waals surface area contributed by atoms with Crippen molar-refractivity contribution < 1.29 is 34.3 Å². The number of aromatic amines is 1. The van der Waals surface area contributed by atoms with Crippen molar-refractivity contribution >= 4 is 10.9 Å². The summed E-state index contributed by atoms with van der Waals surface area (Å²) in [5.74, 6) is 2.04. The number of phenolic OH excluding ortho intramolecular Hbond substituents is 2. The maximum absolute atomic E-state index is 10.6. The predicted octanol–water partition coefficient (Wildman–Crippen LogP) is 5.75. The molecule has 5 aromatic rings. The number of aromatic nitrogens is 1. The van der Waals surface area contributed by atoms with Gasteiger partial charge in [-0.2, -0.15) is 0 Å². The summed E-state index contributed by atoms with van der Waals surface area (Å²) >= 11 is 0. The van der Waals surface area contributed by atoms with Crippen LogP contribution in [0.5, 0.6) is 28.7 Å². The number of benzene rings is 4. The second kappa shape index (κ2) is 12.6. The van der Waals surface area contributed by atoms with Crippen LogP contribution in [0.1, 0.15) is 39.8 Å². The number of aromatic hydroxyl groups is 2. The molecule has 0 saturated carbocycles. The molecule has 0 saturated heterocycles. The Morgan fingerprint density at radius 1 is 0.957 bits per heavy atom. The fourth-order valence-electron chi connectivity index (χ4n) is 7.03. The third-order valence-electron chi connectivity index (χ3n) is 9.09. The summed E-state index contributed by atoms with van der Waals surface area (Å²) in [4.78, 5) is 3.27. The Hall–Kier alpha value is -4.70. The van der Waals surface area contributed by atoms with Gasteiger partial charge in [-0.25, -0.2) is 0 Å². The standard InChI is InChI=1S/C37H38N2O7/c1-38-20-45-35-18-28-29-15-24(14-21-3-7-30-22(13-21)9-10-39-30)27-17-25(41)5-6-26(27)36(29)34(44-12-11-40)19-32(28)46-37(35)23-4-8-31(42)33(16-23)43-2/h3-10,13,16-17,19,24,35,37-42H,11-12,14-15,18,20H2,1-2H3/t24-,35-,37-/m1/s1. The average Bonchev–Trinajstić information content (AvgIpc) is 3.54. The highest BCUT2D eigenvalue weighted by atomic mass is 16.6. The van der Waals surface area contributed by atoms with Gasteiger partial charge >= 0.3 is 0 Å². The number of hydrogen-bond donors (Lipinski definition) is 5. The van der Waals surface area contributed by atoms with Gasteiger partial charge in [-0.1, -0.05) is 18.2 Å². The van der Waals surface area contributed by atoms with E-state index >= 15 is 0 Å². The van der Waals surface area contributed by atoms with Gasteiger partial charge in [0.1, 0.15) is 30.0 Å². The van der Waals surface area contributed by atoms with Crippen molar-refractivity contribution in [2.45, 2.75) is 37.4 Å². The molecule has 0 amide bonds. The summed E-state index contributed by atoms with van der Waals surface area (Å²) in [5, 5.41) is 34.8. The van der Waals surface area contributed by atoms with Crippen molar-refractivity contribution in [1.29, 1.82) is 0 Å². The molecule has 0 spiro atoms. The Morgan fingerprint density at radius 2 is 1.85 bits per heavy atom. The Balaban J connectivity index is 1.35.